The van der Waals surface area contributed by atoms with Gasteiger partial charge in [0.2, 0.25) is 10.0 Å². The number of hydrogen-bond donors (Lipinski definition) is 1. The number of nitrogens with zero attached hydrogens (tertiary/aromatic N) is 1. The highest BCUT2D eigenvalue weighted by molar-refractivity contribution is 7.93. The second kappa shape index (κ2) is 4.54. The quantitative estimate of drug-likeness (QED) is 0.875. The molecule has 0 aliphatic carbocycles. The molecule has 86 valence electrons. The molecule has 0 saturated carbocycles. The van der Waals surface area contributed by atoms with Crippen LogP contribution in [0.5, 0.6) is 0 Å². The van der Waals surface area contributed by atoms with Crippen molar-refractivity contribution in [1.82, 2.24) is 0 Å². The molecule has 0 saturated heterocycles. The van der Waals surface area contributed by atoms with Crippen LogP contribution in [0.4, 0.5) is 5.69 Å². The van der Waals surface area contributed by atoms with E-state index in [1.54, 1.807) is 32.9 Å². The fourth-order valence-corrected chi connectivity index (χ4v) is 1.83. The first-order valence-corrected chi connectivity index (χ1v) is 6.44. The monoisotopic (exact) mass is 238 g/mol. The van der Waals surface area contributed by atoms with Crippen molar-refractivity contribution in [2.45, 2.75) is 26.0 Å². The number of nitriles is 1. The third-order valence-electron chi connectivity index (χ3n) is 2.24. The maximum Gasteiger partial charge on any atom is 0.235 e. The maximum absolute atomic E-state index is 11.7. The van der Waals surface area contributed by atoms with Crippen LogP contribution in [0.1, 0.15) is 25.0 Å². The molecule has 0 fully saturated rings. The molecule has 0 aliphatic rings. The van der Waals surface area contributed by atoms with Crippen LogP contribution in [-0.4, -0.2) is 13.7 Å². The summed E-state index contributed by atoms with van der Waals surface area (Å²) in [4.78, 5) is 0. The van der Waals surface area contributed by atoms with E-state index in [1.807, 2.05) is 6.07 Å². The molecule has 0 heterocycles. The van der Waals surface area contributed by atoms with Crippen molar-refractivity contribution in [3.05, 3.63) is 29.3 Å². The maximum atomic E-state index is 11.7. The molecule has 0 aromatic heterocycles. The summed E-state index contributed by atoms with van der Waals surface area (Å²) in [6.07, 6.45) is 0. The molecule has 1 aromatic rings. The Balaban J connectivity index is 3.12. The van der Waals surface area contributed by atoms with Crippen LogP contribution in [0.15, 0.2) is 18.2 Å². The Kier molecular flexibility index (Phi) is 3.55. The van der Waals surface area contributed by atoms with Crippen molar-refractivity contribution in [3.63, 3.8) is 0 Å². The van der Waals surface area contributed by atoms with Gasteiger partial charge in [-0.3, -0.25) is 4.72 Å². The molecule has 0 atom stereocenters. The van der Waals surface area contributed by atoms with Crippen molar-refractivity contribution in [2.24, 2.45) is 0 Å². The fraction of sp³-hybridized carbons (Fsp3) is 0.364. The van der Waals surface area contributed by atoms with E-state index < -0.39 is 15.3 Å². The first-order chi connectivity index (χ1) is 7.36. The smallest absolute Gasteiger partial charge is 0.235 e. The second-order valence-electron chi connectivity index (χ2n) is 3.84. The van der Waals surface area contributed by atoms with E-state index in [0.717, 1.165) is 5.56 Å². The zero-order valence-corrected chi connectivity index (χ0v) is 10.3. The van der Waals surface area contributed by atoms with Gasteiger partial charge in [-0.2, -0.15) is 5.26 Å². The van der Waals surface area contributed by atoms with Crippen LogP contribution in [0.2, 0.25) is 0 Å². The summed E-state index contributed by atoms with van der Waals surface area (Å²) >= 11 is 0. The highest BCUT2D eigenvalue weighted by Gasteiger charge is 2.16. The number of anilines is 1. The molecule has 1 rings (SSSR count). The molecule has 0 bridgehead atoms. The van der Waals surface area contributed by atoms with Gasteiger partial charge in [-0.25, -0.2) is 8.42 Å². The number of sulfonamides is 1. The first kappa shape index (κ1) is 12.5. The predicted molar refractivity (Wildman–Crippen MR) is 63.6 cm³/mol. The molecule has 1 aromatic carbocycles. The highest BCUT2D eigenvalue weighted by Crippen LogP contribution is 2.19. The van der Waals surface area contributed by atoms with Crippen LogP contribution in [-0.2, 0) is 10.0 Å². The van der Waals surface area contributed by atoms with Gasteiger partial charge in [0.1, 0.15) is 0 Å². The third-order valence-corrected chi connectivity index (χ3v) is 3.99. The lowest BCUT2D eigenvalue weighted by Crippen LogP contribution is -2.22. The molecule has 0 radical (unpaired) electrons. The van der Waals surface area contributed by atoms with Gasteiger partial charge in [0.05, 0.1) is 22.6 Å². The number of hydrogen-bond acceptors (Lipinski definition) is 3. The van der Waals surface area contributed by atoms with Crippen molar-refractivity contribution < 1.29 is 8.42 Å². The van der Waals surface area contributed by atoms with Crippen LogP contribution >= 0.6 is 0 Å². The van der Waals surface area contributed by atoms with E-state index in [9.17, 15) is 8.42 Å². The van der Waals surface area contributed by atoms with Gasteiger partial charge in [0.25, 0.3) is 0 Å². The highest BCUT2D eigenvalue weighted by atomic mass is 32.2. The minimum atomic E-state index is -3.36. The van der Waals surface area contributed by atoms with Crippen LogP contribution in [0.25, 0.3) is 0 Å². The molecule has 1 N–H and O–H groups in total. The summed E-state index contributed by atoms with van der Waals surface area (Å²) in [5.41, 5.74) is 1.70. The third kappa shape index (κ3) is 2.74. The number of nitrogens with one attached hydrogen (secondary N) is 1. The second-order valence-corrected chi connectivity index (χ2v) is 6.07. The summed E-state index contributed by atoms with van der Waals surface area (Å²) in [6.45, 7) is 5.00. The Morgan fingerprint density at radius 2 is 2.00 bits per heavy atom. The summed E-state index contributed by atoms with van der Waals surface area (Å²) in [5.74, 6) is 0. The lowest BCUT2D eigenvalue weighted by atomic mass is 10.1. The molecule has 4 nitrogen and oxygen atoms in total. The van der Waals surface area contributed by atoms with Gasteiger partial charge in [0.15, 0.2) is 0 Å². The van der Waals surface area contributed by atoms with E-state index >= 15 is 0 Å². The largest absolute Gasteiger partial charge is 0.283 e. The number of benzene rings is 1. The summed E-state index contributed by atoms with van der Waals surface area (Å²) in [5, 5.41) is 8.23. The van der Waals surface area contributed by atoms with Crippen molar-refractivity contribution in [2.75, 3.05) is 4.72 Å². The van der Waals surface area contributed by atoms with E-state index in [-0.39, 0.29) is 0 Å². The topological polar surface area (TPSA) is 70.0 Å². The predicted octanol–water partition coefficient (Wildman–Crippen LogP) is 2.02. The minimum absolute atomic E-state index is 0.437. The molecule has 0 spiro atoms. The minimum Gasteiger partial charge on any atom is -0.283 e. The first-order valence-electron chi connectivity index (χ1n) is 4.89. The van der Waals surface area contributed by atoms with Gasteiger partial charge in [-0.05, 0) is 38.5 Å². The van der Waals surface area contributed by atoms with E-state index in [2.05, 4.69) is 4.72 Å². The van der Waals surface area contributed by atoms with Crippen LogP contribution < -0.4 is 4.72 Å². The van der Waals surface area contributed by atoms with Gasteiger partial charge in [0, 0.05) is 0 Å². The Hall–Kier alpha value is -1.54. The Morgan fingerprint density at radius 3 is 2.50 bits per heavy atom. The average molecular weight is 238 g/mol. The van der Waals surface area contributed by atoms with Crippen molar-refractivity contribution in [3.8, 4) is 6.07 Å². The lowest BCUT2D eigenvalue weighted by Gasteiger charge is -2.12. The van der Waals surface area contributed by atoms with Gasteiger partial charge in [-0.1, -0.05) is 6.07 Å². The molecular formula is C11H14N2O2S. The van der Waals surface area contributed by atoms with E-state index in [1.165, 1.54) is 6.07 Å². The molecule has 0 aliphatic heterocycles. The Morgan fingerprint density at radius 1 is 1.38 bits per heavy atom. The van der Waals surface area contributed by atoms with E-state index in [0.29, 0.717) is 11.3 Å². The molecule has 5 heteroatoms. The van der Waals surface area contributed by atoms with Crippen LogP contribution in [0.3, 0.4) is 0 Å². The molecule has 16 heavy (non-hydrogen) atoms. The molecular weight excluding hydrogens is 224 g/mol. The Bertz CT molecular complexity index is 527. The normalized spacial score (nSPS) is 11.2. The molecule has 0 amide bonds. The zero-order chi connectivity index (χ0) is 12.3. The van der Waals surface area contributed by atoms with Crippen molar-refractivity contribution >= 4 is 15.7 Å². The standard InChI is InChI=1S/C11H14N2O2S/c1-8(2)16(14,15)13-11-6-10(7-12)5-4-9(11)3/h4-6,8,13H,1-3H3. The summed E-state index contributed by atoms with van der Waals surface area (Å²) < 4.78 is 25.8. The van der Waals surface area contributed by atoms with Gasteiger partial charge < -0.3 is 0 Å². The van der Waals surface area contributed by atoms with Gasteiger partial charge >= 0.3 is 0 Å². The SMILES string of the molecule is Cc1ccc(C#N)cc1NS(=O)(=O)C(C)C. The van der Waals surface area contributed by atoms with Crippen LogP contribution in [0, 0.1) is 18.3 Å². The van der Waals surface area contributed by atoms with E-state index in [4.69, 9.17) is 5.26 Å². The van der Waals surface area contributed by atoms with Gasteiger partial charge in [-0.15, -0.1) is 0 Å². The lowest BCUT2D eigenvalue weighted by molar-refractivity contribution is 0.592. The summed E-state index contributed by atoms with van der Waals surface area (Å²) in [7, 11) is -3.36. The zero-order valence-electron chi connectivity index (χ0n) is 9.48. The summed E-state index contributed by atoms with van der Waals surface area (Å²) in [6, 6.07) is 6.89. The van der Waals surface area contributed by atoms with Crippen molar-refractivity contribution in [1.29, 1.82) is 5.26 Å². The molecule has 0 unspecified atom stereocenters. The Labute approximate surface area is 96.0 Å². The fourth-order valence-electron chi connectivity index (χ4n) is 1.07. The number of rotatable bonds is 3. The average Bonchev–Trinajstić information content (AvgIpc) is 2.21. The number of aryl methyl sites for hydroxylation is 1.